The van der Waals surface area contributed by atoms with Crippen LogP contribution in [0.5, 0.6) is 5.75 Å². The van der Waals surface area contributed by atoms with Crippen molar-refractivity contribution in [3.05, 3.63) is 64.7 Å². The number of halogens is 1. The van der Waals surface area contributed by atoms with Crippen molar-refractivity contribution in [2.24, 2.45) is 5.73 Å². The number of nitrogens with two attached hydrogens (primary N) is 1. The Labute approximate surface area is 130 Å². The van der Waals surface area contributed by atoms with E-state index in [1.165, 1.54) is 0 Å². The van der Waals surface area contributed by atoms with Crippen molar-refractivity contribution in [3.8, 4) is 5.75 Å². The van der Waals surface area contributed by atoms with E-state index in [4.69, 9.17) is 26.8 Å². The molecule has 0 aliphatic carbocycles. The highest BCUT2D eigenvalue weighted by Crippen LogP contribution is 2.13. The Balaban J connectivity index is 1.60. The predicted molar refractivity (Wildman–Crippen MR) is 85.6 cm³/mol. The van der Waals surface area contributed by atoms with E-state index in [9.17, 15) is 0 Å². The molecule has 0 atom stereocenters. The monoisotopic (exact) mass is 305 g/mol. The third-order valence-electron chi connectivity index (χ3n) is 3.02. The van der Waals surface area contributed by atoms with Gasteiger partial charge in [-0.3, -0.25) is 0 Å². The molecule has 0 saturated heterocycles. The van der Waals surface area contributed by atoms with Gasteiger partial charge in [0.25, 0.3) is 0 Å². The molecule has 2 aromatic rings. The lowest BCUT2D eigenvalue weighted by Gasteiger charge is -2.08. The summed E-state index contributed by atoms with van der Waals surface area (Å²) < 4.78 is 11.3. The molecule has 0 spiro atoms. The zero-order chi connectivity index (χ0) is 14.9. The van der Waals surface area contributed by atoms with E-state index < -0.39 is 0 Å². The first-order valence-electron chi connectivity index (χ1n) is 7.02. The zero-order valence-corrected chi connectivity index (χ0v) is 12.7. The fraction of sp³-hybridized carbons (Fsp3) is 0.294. The van der Waals surface area contributed by atoms with Crippen LogP contribution in [0.15, 0.2) is 48.5 Å². The molecule has 0 heterocycles. The Morgan fingerprint density at radius 2 is 1.76 bits per heavy atom. The largest absolute Gasteiger partial charge is 0.493 e. The minimum absolute atomic E-state index is 0.529. The van der Waals surface area contributed by atoms with Crippen LogP contribution in [0.3, 0.4) is 0 Å². The maximum atomic E-state index is 5.83. The normalized spacial score (nSPS) is 10.6. The average molecular weight is 306 g/mol. The average Bonchev–Trinajstić information content (AvgIpc) is 2.52. The summed E-state index contributed by atoms with van der Waals surface area (Å²) in [6, 6.07) is 15.5. The van der Waals surface area contributed by atoms with E-state index in [0.29, 0.717) is 26.4 Å². The van der Waals surface area contributed by atoms with E-state index in [-0.39, 0.29) is 0 Å². The van der Waals surface area contributed by atoms with E-state index in [0.717, 1.165) is 28.3 Å². The van der Waals surface area contributed by atoms with Gasteiger partial charge < -0.3 is 15.2 Å². The summed E-state index contributed by atoms with van der Waals surface area (Å²) in [6.07, 6.45) is 0.848. The van der Waals surface area contributed by atoms with Gasteiger partial charge in [0.1, 0.15) is 5.75 Å². The summed E-state index contributed by atoms with van der Waals surface area (Å²) in [7, 11) is 0. The molecular formula is C17H20ClNO2. The van der Waals surface area contributed by atoms with Crippen LogP contribution in [-0.4, -0.2) is 13.2 Å². The molecule has 0 radical (unpaired) electrons. The van der Waals surface area contributed by atoms with Gasteiger partial charge in [-0.2, -0.15) is 0 Å². The second kappa shape index (κ2) is 8.67. The van der Waals surface area contributed by atoms with Crippen molar-refractivity contribution in [1.29, 1.82) is 0 Å². The molecule has 2 aromatic carbocycles. The van der Waals surface area contributed by atoms with Gasteiger partial charge in [0.2, 0.25) is 0 Å². The predicted octanol–water partition coefficient (Wildman–Crippen LogP) is 3.78. The summed E-state index contributed by atoms with van der Waals surface area (Å²) >= 11 is 5.83. The van der Waals surface area contributed by atoms with Crippen LogP contribution in [0.1, 0.15) is 17.5 Å². The van der Waals surface area contributed by atoms with Crippen LogP contribution in [0, 0.1) is 0 Å². The van der Waals surface area contributed by atoms with Crippen molar-refractivity contribution in [2.45, 2.75) is 19.6 Å². The second-order valence-electron chi connectivity index (χ2n) is 4.73. The Bertz CT molecular complexity index is 543. The van der Waals surface area contributed by atoms with Crippen LogP contribution in [0.25, 0.3) is 0 Å². The van der Waals surface area contributed by atoms with E-state index in [1.807, 2.05) is 48.5 Å². The SMILES string of the molecule is NCc1cccc(OCCCOCc2ccc(Cl)cc2)c1. The van der Waals surface area contributed by atoms with Crippen molar-refractivity contribution in [3.63, 3.8) is 0 Å². The lowest BCUT2D eigenvalue weighted by Crippen LogP contribution is -2.04. The summed E-state index contributed by atoms with van der Waals surface area (Å²) in [5.74, 6) is 0.857. The number of benzene rings is 2. The minimum Gasteiger partial charge on any atom is -0.493 e. The lowest BCUT2D eigenvalue weighted by molar-refractivity contribution is 0.107. The molecule has 0 saturated carbocycles. The Kier molecular flexibility index (Phi) is 6.54. The molecule has 4 heteroatoms. The third kappa shape index (κ3) is 5.76. The van der Waals surface area contributed by atoms with E-state index >= 15 is 0 Å². The smallest absolute Gasteiger partial charge is 0.119 e. The molecular weight excluding hydrogens is 286 g/mol. The fourth-order valence-corrected chi connectivity index (χ4v) is 2.01. The first-order valence-corrected chi connectivity index (χ1v) is 7.40. The second-order valence-corrected chi connectivity index (χ2v) is 5.17. The molecule has 0 bridgehead atoms. The Hall–Kier alpha value is -1.55. The molecule has 3 nitrogen and oxygen atoms in total. The maximum Gasteiger partial charge on any atom is 0.119 e. The summed E-state index contributed by atoms with van der Waals surface area (Å²) in [6.45, 7) is 2.43. The molecule has 0 aliphatic rings. The quantitative estimate of drug-likeness (QED) is 0.755. The maximum absolute atomic E-state index is 5.83. The van der Waals surface area contributed by atoms with Gasteiger partial charge in [-0.25, -0.2) is 0 Å². The summed E-state index contributed by atoms with van der Waals surface area (Å²) in [5, 5.41) is 0.742. The number of hydrogen-bond donors (Lipinski definition) is 1. The molecule has 2 rings (SSSR count). The van der Waals surface area contributed by atoms with Crippen LogP contribution in [-0.2, 0) is 17.9 Å². The van der Waals surface area contributed by atoms with Gasteiger partial charge in [0.05, 0.1) is 19.8 Å². The molecule has 2 N–H and O–H groups in total. The van der Waals surface area contributed by atoms with Gasteiger partial charge in [0, 0.05) is 18.0 Å². The van der Waals surface area contributed by atoms with Crippen molar-refractivity contribution < 1.29 is 9.47 Å². The first kappa shape index (κ1) is 15.8. The molecule has 21 heavy (non-hydrogen) atoms. The highest BCUT2D eigenvalue weighted by molar-refractivity contribution is 6.30. The lowest BCUT2D eigenvalue weighted by atomic mass is 10.2. The van der Waals surface area contributed by atoms with Crippen LogP contribution in [0.4, 0.5) is 0 Å². The van der Waals surface area contributed by atoms with Crippen molar-refractivity contribution >= 4 is 11.6 Å². The van der Waals surface area contributed by atoms with Crippen LogP contribution in [0.2, 0.25) is 5.02 Å². The summed E-state index contributed by atoms with van der Waals surface area (Å²) in [5.41, 5.74) is 7.79. The molecule has 0 fully saturated rings. The highest BCUT2D eigenvalue weighted by atomic mass is 35.5. The molecule has 0 aliphatic heterocycles. The molecule has 0 amide bonds. The van der Waals surface area contributed by atoms with E-state index in [2.05, 4.69) is 0 Å². The molecule has 112 valence electrons. The number of hydrogen-bond acceptors (Lipinski definition) is 3. The Morgan fingerprint density at radius 3 is 2.52 bits per heavy atom. The third-order valence-corrected chi connectivity index (χ3v) is 3.27. The topological polar surface area (TPSA) is 44.5 Å². The first-order chi connectivity index (χ1) is 10.3. The van der Waals surface area contributed by atoms with Gasteiger partial charge >= 0.3 is 0 Å². The zero-order valence-electron chi connectivity index (χ0n) is 11.9. The van der Waals surface area contributed by atoms with Gasteiger partial charge in [0.15, 0.2) is 0 Å². The highest BCUT2D eigenvalue weighted by Gasteiger charge is 1.97. The molecule has 0 unspecified atom stereocenters. The van der Waals surface area contributed by atoms with Crippen molar-refractivity contribution in [2.75, 3.05) is 13.2 Å². The fourth-order valence-electron chi connectivity index (χ4n) is 1.88. The van der Waals surface area contributed by atoms with Crippen LogP contribution >= 0.6 is 11.6 Å². The number of rotatable bonds is 8. The molecule has 0 aromatic heterocycles. The van der Waals surface area contributed by atoms with Crippen LogP contribution < -0.4 is 10.5 Å². The summed E-state index contributed by atoms with van der Waals surface area (Å²) in [4.78, 5) is 0. The Morgan fingerprint density at radius 1 is 0.952 bits per heavy atom. The number of ether oxygens (including phenoxy) is 2. The van der Waals surface area contributed by atoms with Crippen molar-refractivity contribution in [1.82, 2.24) is 0 Å². The minimum atomic E-state index is 0.529. The standard InChI is InChI=1S/C17H20ClNO2/c18-16-7-5-14(6-8-16)13-20-9-2-10-21-17-4-1-3-15(11-17)12-19/h1,3-8,11H,2,9-10,12-13,19H2. The van der Waals surface area contributed by atoms with Gasteiger partial charge in [-0.1, -0.05) is 35.9 Å². The van der Waals surface area contributed by atoms with Gasteiger partial charge in [-0.05, 0) is 35.4 Å². The van der Waals surface area contributed by atoms with E-state index in [1.54, 1.807) is 0 Å². The van der Waals surface area contributed by atoms with Gasteiger partial charge in [-0.15, -0.1) is 0 Å².